The molecule has 1 aromatic rings. The summed E-state index contributed by atoms with van der Waals surface area (Å²) < 4.78 is 19.4. The molecule has 1 aromatic carbocycles. The second kappa shape index (κ2) is 9.16. The van der Waals surface area contributed by atoms with Gasteiger partial charge in [0.25, 0.3) is 0 Å². The number of benzene rings is 1. The molecular formula is C18H30FNO. The van der Waals surface area contributed by atoms with Crippen LogP contribution in [0.25, 0.3) is 0 Å². The number of unbranched alkanes of at least 4 members (excludes halogenated alkanes) is 3. The minimum atomic E-state index is -0.178. The molecule has 2 nitrogen and oxygen atoms in total. The predicted molar refractivity (Wildman–Crippen MR) is 86.8 cm³/mol. The van der Waals surface area contributed by atoms with Crippen molar-refractivity contribution in [3.05, 3.63) is 35.1 Å². The molecule has 0 amide bonds. The van der Waals surface area contributed by atoms with E-state index in [1.54, 1.807) is 0 Å². The maximum atomic E-state index is 13.8. The molecule has 0 fully saturated rings. The highest BCUT2D eigenvalue weighted by molar-refractivity contribution is 5.24. The van der Waals surface area contributed by atoms with Crippen LogP contribution >= 0.6 is 0 Å². The van der Waals surface area contributed by atoms with Crippen LogP contribution in [-0.4, -0.2) is 12.1 Å². The van der Waals surface area contributed by atoms with Gasteiger partial charge >= 0.3 is 0 Å². The Morgan fingerprint density at radius 1 is 1.14 bits per heavy atom. The van der Waals surface area contributed by atoms with Crippen molar-refractivity contribution in [1.29, 1.82) is 0 Å². The van der Waals surface area contributed by atoms with Crippen molar-refractivity contribution in [2.75, 3.05) is 6.61 Å². The number of hydrogen-bond acceptors (Lipinski definition) is 2. The highest BCUT2D eigenvalue weighted by Gasteiger charge is 2.10. The second-order valence-corrected chi connectivity index (χ2v) is 6.64. The van der Waals surface area contributed by atoms with Gasteiger partial charge in [-0.1, -0.05) is 32.3 Å². The van der Waals surface area contributed by atoms with Crippen LogP contribution in [0.3, 0.4) is 0 Å². The highest BCUT2D eigenvalue weighted by Crippen LogP contribution is 2.13. The minimum absolute atomic E-state index is 0.0598. The zero-order chi connectivity index (χ0) is 15.7. The molecule has 0 atom stereocenters. The largest absolute Gasteiger partial charge is 0.377 e. The van der Waals surface area contributed by atoms with Gasteiger partial charge in [0.15, 0.2) is 0 Å². The van der Waals surface area contributed by atoms with Gasteiger partial charge in [0, 0.05) is 24.3 Å². The molecule has 0 bridgehead atoms. The molecule has 120 valence electrons. The molecule has 0 saturated heterocycles. The summed E-state index contributed by atoms with van der Waals surface area (Å²) in [6, 6.07) is 5.27. The SMILES string of the molecule is CCCCCCOCc1cc(CNC(C)(C)C)ccc1F. The topological polar surface area (TPSA) is 21.3 Å². The van der Waals surface area contributed by atoms with Crippen LogP contribution in [0.5, 0.6) is 0 Å². The van der Waals surface area contributed by atoms with Crippen molar-refractivity contribution < 1.29 is 9.13 Å². The van der Waals surface area contributed by atoms with E-state index in [4.69, 9.17) is 4.74 Å². The van der Waals surface area contributed by atoms with Gasteiger partial charge < -0.3 is 10.1 Å². The third-order valence-corrected chi connectivity index (χ3v) is 3.33. The molecule has 0 aliphatic rings. The molecule has 0 saturated carbocycles. The molecule has 0 aliphatic carbocycles. The van der Waals surface area contributed by atoms with Crippen molar-refractivity contribution in [3.8, 4) is 0 Å². The van der Waals surface area contributed by atoms with E-state index >= 15 is 0 Å². The van der Waals surface area contributed by atoms with Crippen molar-refractivity contribution >= 4 is 0 Å². The lowest BCUT2D eigenvalue weighted by Crippen LogP contribution is -2.35. The van der Waals surface area contributed by atoms with Crippen LogP contribution in [0.1, 0.15) is 64.5 Å². The van der Waals surface area contributed by atoms with Gasteiger partial charge in [0.1, 0.15) is 5.82 Å². The molecule has 0 aliphatic heterocycles. The van der Waals surface area contributed by atoms with E-state index < -0.39 is 0 Å². The number of nitrogens with one attached hydrogen (secondary N) is 1. The summed E-state index contributed by atoms with van der Waals surface area (Å²) in [5.41, 5.74) is 1.80. The van der Waals surface area contributed by atoms with Crippen molar-refractivity contribution in [2.24, 2.45) is 0 Å². The Balaban J connectivity index is 2.42. The normalized spacial score (nSPS) is 11.9. The lowest BCUT2D eigenvalue weighted by Gasteiger charge is -2.20. The van der Waals surface area contributed by atoms with Crippen molar-refractivity contribution in [2.45, 2.75) is 72.1 Å². The summed E-state index contributed by atoms with van der Waals surface area (Å²) >= 11 is 0. The molecule has 0 aromatic heterocycles. The maximum Gasteiger partial charge on any atom is 0.128 e. The van der Waals surface area contributed by atoms with E-state index in [1.165, 1.54) is 25.3 Å². The van der Waals surface area contributed by atoms with E-state index in [0.717, 1.165) is 18.5 Å². The van der Waals surface area contributed by atoms with Gasteiger partial charge in [-0.15, -0.1) is 0 Å². The molecule has 0 radical (unpaired) electrons. The summed E-state index contributed by atoms with van der Waals surface area (Å²) in [6.07, 6.45) is 4.71. The monoisotopic (exact) mass is 295 g/mol. The zero-order valence-electron chi connectivity index (χ0n) is 14.0. The summed E-state index contributed by atoms with van der Waals surface area (Å²) in [7, 11) is 0. The third-order valence-electron chi connectivity index (χ3n) is 3.33. The zero-order valence-corrected chi connectivity index (χ0v) is 14.0. The maximum absolute atomic E-state index is 13.8. The van der Waals surface area contributed by atoms with E-state index in [0.29, 0.717) is 18.8 Å². The molecule has 21 heavy (non-hydrogen) atoms. The first-order valence-electron chi connectivity index (χ1n) is 8.02. The summed E-state index contributed by atoms with van der Waals surface area (Å²) in [5, 5.41) is 3.41. The van der Waals surface area contributed by atoms with Gasteiger partial charge in [0.05, 0.1) is 6.61 Å². The molecule has 0 spiro atoms. The fraction of sp³-hybridized carbons (Fsp3) is 0.667. The molecular weight excluding hydrogens is 265 g/mol. The van der Waals surface area contributed by atoms with E-state index in [1.807, 2.05) is 12.1 Å². The van der Waals surface area contributed by atoms with Gasteiger partial charge in [0.2, 0.25) is 0 Å². The van der Waals surface area contributed by atoms with Gasteiger partial charge in [-0.05, 0) is 44.9 Å². The Bertz CT molecular complexity index is 412. The molecule has 0 heterocycles. The Morgan fingerprint density at radius 3 is 2.57 bits per heavy atom. The molecule has 3 heteroatoms. The van der Waals surface area contributed by atoms with Crippen LogP contribution in [0.15, 0.2) is 18.2 Å². The Morgan fingerprint density at radius 2 is 1.90 bits per heavy atom. The standard InChI is InChI=1S/C18H30FNO/c1-5-6-7-8-11-21-14-16-12-15(9-10-17(16)19)13-20-18(2,3)4/h9-10,12,20H,5-8,11,13-14H2,1-4H3. The quantitative estimate of drug-likeness (QED) is 0.660. The van der Waals surface area contributed by atoms with E-state index in [-0.39, 0.29) is 11.4 Å². The smallest absolute Gasteiger partial charge is 0.128 e. The van der Waals surface area contributed by atoms with Gasteiger partial charge in [-0.25, -0.2) is 4.39 Å². The minimum Gasteiger partial charge on any atom is -0.377 e. The second-order valence-electron chi connectivity index (χ2n) is 6.64. The fourth-order valence-corrected chi connectivity index (χ4v) is 2.03. The first-order valence-corrected chi connectivity index (χ1v) is 8.02. The molecule has 1 N–H and O–H groups in total. The summed E-state index contributed by atoms with van der Waals surface area (Å²) in [6.45, 7) is 10.4. The lowest BCUT2D eigenvalue weighted by atomic mass is 10.1. The lowest BCUT2D eigenvalue weighted by molar-refractivity contribution is 0.114. The highest BCUT2D eigenvalue weighted by atomic mass is 19.1. The Labute approximate surface area is 129 Å². The predicted octanol–water partition coefficient (Wildman–Crippen LogP) is 4.81. The van der Waals surface area contributed by atoms with Crippen molar-refractivity contribution in [3.63, 3.8) is 0 Å². The first kappa shape index (κ1) is 18.1. The van der Waals surface area contributed by atoms with Gasteiger partial charge in [-0.3, -0.25) is 0 Å². The Hall–Kier alpha value is -0.930. The average Bonchev–Trinajstić information content (AvgIpc) is 2.42. The van der Waals surface area contributed by atoms with E-state index in [2.05, 4.69) is 33.0 Å². The third kappa shape index (κ3) is 8.18. The number of hydrogen-bond donors (Lipinski definition) is 1. The van der Waals surface area contributed by atoms with Crippen LogP contribution < -0.4 is 5.32 Å². The Kier molecular flexibility index (Phi) is 7.91. The fourth-order valence-electron chi connectivity index (χ4n) is 2.03. The number of rotatable bonds is 9. The van der Waals surface area contributed by atoms with Crippen molar-refractivity contribution in [1.82, 2.24) is 5.32 Å². The van der Waals surface area contributed by atoms with Crippen LogP contribution in [0.4, 0.5) is 4.39 Å². The van der Waals surface area contributed by atoms with Crippen LogP contribution in [0, 0.1) is 5.82 Å². The van der Waals surface area contributed by atoms with Crippen LogP contribution in [-0.2, 0) is 17.9 Å². The summed E-state index contributed by atoms with van der Waals surface area (Å²) in [5.74, 6) is -0.178. The first-order chi connectivity index (χ1) is 9.92. The summed E-state index contributed by atoms with van der Waals surface area (Å²) in [4.78, 5) is 0. The molecule has 1 rings (SSSR count). The molecule has 0 unspecified atom stereocenters. The number of halogens is 1. The average molecular weight is 295 g/mol. The number of ether oxygens (including phenoxy) is 1. The van der Waals surface area contributed by atoms with E-state index in [9.17, 15) is 4.39 Å². The van der Waals surface area contributed by atoms with Crippen LogP contribution in [0.2, 0.25) is 0 Å². The van der Waals surface area contributed by atoms with Gasteiger partial charge in [-0.2, -0.15) is 0 Å².